The van der Waals surface area contributed by atoms with Gasteiger partial charge in [-0.2, -0.15) is 13.2 Å². The number of carbonyl (C=O) groups is 1. The second kappa shape index (κ2) is 6.66. The third-order valence-electron chi connectivity index (χ3n) is 3.63. The van der Waals surface area contributed by atoms with Crippen molar-refractivity contribution >= 4 is 18.3 Å². The summed E-state index contributed by atoms with van der Waals surface area (Å²) in [5.41, 5.74) is 5.52. The number of hydrogen-bond acceptors (Lipinski definition) is 2. The number of alkyl halides is 3. The first kappa shape index (κ1) is 17.8. The molecule has 0 unspecified atom stereocenters. The predicted molar refractivity (Wildman–Crippen MR) is 76.2 cm³/mol. The van der Waals surface area contributed by atoms with Gasteiger partial charge in [-0.05, 0) is 37.0 Å². The van der Waals surface area contributed by atoms with Gasteiger partial charge in [0.15, 0.2) is 0 Å². The van der Waals surface area contributed by atoms with Crippen LogP contribution in [0, 0.1) is 0 Å². The molecule has 1 aromatic rings. The van der Waals surface area contributed by atoms with Crippen LogP contribution in [-0.2, 0) is 17.4 Å². The summed E-state index contributed by atoms with van der Waals surface area (Å²) in [5, 5.41) is 2.73. The van der Waals surface area contributed by atoms with Crippen LogP contribution in [0.5, 0.6) is 0 Å². The van der Waals surface area contributed by atoms with Crippen molar-refractivity contribution in [2.75, 3.05) is 6.54 Å². The zero-order valence-electron chi connectivity index (χ0n) is 11.4. The average molecular weight is 323 g/mol. The maximum atomic E-state index is 12.4. The molecule has 1 aromatic carbocycles. The first-order valence-corrected chi connectivity index (χ1v) is 6.50. The second-order valence-corrected chi connectivity index (χ2v) is 5.36. The van der Waals surface area contributed by atoms with Gasteiger partial charge in [-0.25, -0.2) is 0 Å². The Morgan fingerprint density at radius 2 is 1.81 bits per heavy atom. The van der Waals surface area contributed by atoms with Crippen molar-refractivity contribution in [2.45, 2.75) is 37.4 Å². The maximum Gasteiger partial charge on any atom is 0.416 e. The molecule has 3 N–H and O–H groups in total. The summed E-state index contributed by atoms with van der Waals surface area (Å²) in [6.45, 7) is 0.423. The van der Waals surface area contributed by atoms with Crippen LogP contribution in [0.2, 0.25) is 0 Å². The summed E-state index contributed by atoms with van der Waals surface area (Å²) in [4.78, 5) is 11.7. The van der Waals surface area contributed by atoms with Gasteiger partial charge in [0.2, 0.25) is 5.91 Å². The van der Waals surface area contributed by atoms with Gasteiger partial charge in [0.05, 0.1) is 12.0 Å². The third-order valence-corrected chi connectivity index (χ3v) is 3.63. The van der Waals surface area contributed by atoms with Crippen molar-refractivity contribution in [3.8, 4) is 0 Å². The van der Waals surface area contributed by atoms with E-state index in [0.717, 1.165) is 31.4 Å². The largest absolute Gasteiger partial charge is 0.416 e. The molecule has 0 spiro atoms. The van der Waals surface area contributed by atoms with Crippen molar-refractivity contribution in [3.63, 3.8) is 0 Å². The van der Waals surface area contributed by atoms with E-state index in [-0.39, 0.29) is 30.3 Å². The monoisotopic (exact) mass is 322 g/mol. The van der Waals surface area contributed by atoms with Crippen LogP contribution in [-0.4, -0.2) is 18.0 Å². The minimum atomic E-state index is -4.35. The van der Waals surface area contributed by atoms with E-state index >= 15 is 0 Å². The Labute approximate surface area is 127 Å². The molecule has 0 radical (unpaired) electrons. The fourth-order valence-electron chi connectivity index (χ4n) is 2.14. The predicted octanol–water partition coefficient (Wildman–Crippen LogP) is 2.67. The van der Waals surface area contributed by atoms with Crippen molar-refractivity contribution in [1.29, 1.82) is 0 Å². The first-order chi connectivity index (χ1) is 9.28. The molecule has 0 saturated heterocycles. The van der Waals surface area contributed by atoms with Crippen LogP contribution in [0.15, 0.2) is 24.3 Å². The smallest absolute Gasteiger partial charge is 0.354 e. The number of rotatable bonds is 4. The lowest BCUT2D eigenvalue weighted by molar-refractivity contribution is -0.137. The van der Waals surface area contributed by atoms with Gasteiger partial charge in [-0.1, -0.05) is 12.1 Å². The van der Waals surface area contributed by atoms with Crippen LogP contribution >= 0.6 is 12.4 Å². The third kappa shape index (κ3) is 4.89. The lowest BCUT2D eigenvalue weighted by atomic mass is 9.78. The lowest BCUT2D eigenvalue weighted by Gasteiger charge is -2.38. The summed E-state index contributed by atoms with van der Waals surface area (Å²) >= 11 is 0. The highest BCUT2D eigenvalue weighted by Gasteiger charge is 2.32. The summed E-state index contributed by atoms with van der Waals surface area (Å²) in [5.74, 6) is -0.221. The molecule has 118 valence electrons. The van der Waals surface area contributed by atoms with Gasteiger partial charge >= 0.3 is 6.18 Å². The van der Waals surface area contributed by atoms with E-state index < -0.39 is 11.7 Å². The van der Waals surface area contributed by atoms with E-state index in [1.54, 1.807) is 0 Å². The van der Waals surface area contributed by atoms with E-state index in [9.17, 15) is 18.0 Å². The van der Waals surface area contributed by atoms with Gasteiger partial charge in [-0.15, -0.1) is 12.4 Å². The highest BCUT2D eigenvalue weighted by atomic mass is 35.5. The SMILES string of the molecule is Cl.NC1(CNC(=O)Cc2ccc(C(F)(F)F)cc2)CCC1. The fraction of sp³-hybridized carbons (Fsp3) is 0.500. The van der Waals surface area contributed by atoms with Crippen molar-refractivity contribution < 1.29 is 18.0 Å². The van der Waals surface area contributed by atoms with Crippen LogP contribution in [0.25, 0.3) is 0 Å². The van der Waals surface area contributed by atoms with Crippen molar-refractivity contribution in [3.05, 3.63) is 35.4 Å². The minimum Gasteiger partial charge on any atom is -0.354 e. The summed E-state index contributed by atoms with van der Waals surface area (Å²) in [6, 6.07) is 4.62. The number of amides is 1. The molecule has 7 heteroatoms. The molecule has 0 aromatic heterocycles. The van der Waals surface area contributed by atoms with Gasteiger partial charge in [0.25, 0.3) is 0 Å². The second-order valence-electron chi connectivity index (χ2n) is 5.36. The number of benzene rings is 1. The Balaban J connectivity index is 0.00000220. The van der Waals surface area contributed by atoms with Gasteiger partial charge in [0.1, 0.15) is 0 Å². The molecule has 2 rings (SSSR count). The van der Waals surface area contributed by atoms with E-state index in [1.165, 1.54) is 12.1 Å². The molecule has 1 saturated carbocycles. The van der Waals surface area contributed by atoms with Gasteiger partial charge in [0, 0.05) is 12.1 Å². The molecule has 1 aliphatic carbocycles. The number of nitrogens with two attached hydrogens (primary N) is 1. The summed E-state index contributed by atoms with van der Waals surface area (Å²) < 4.78 is 37.2. The van der Waals surface area contributed by atoms with E-state index in [0.29, 0.717) is 12.1 Å². The highest BCUT2D eigenvalue weighted by molar-refractivity contribution is 5.85. The van der Waals surface area contributed by atoms with Crippen LogP contribution in [0.4, 0.5) is 13.2 Å². The van der Waals surface area contributed by atoms with Crippen molar-refractivity contribution in [2.24, 2.45) is 5.73 Å². The fourth-order valence-corrected chi connectivity index (χ4v) is 2.14. The van der Waals surface area contributed by atoms with Crippen molar-refractivity contribution in [1.82, 2.24) is 5.32 Å². The first-order valence-electron chi connectivity index (χ1n) is 6.50. The number of nitrogens with one attached hydrogen (secondary N) is 1. The van der Waals surface area contributed by atoms with E-state index in [1.807, 2.05) is 0 Å². The average Bonchev–Trinajstić information content (AvgIpc) is 2.33. The molecular formula is C14H18ClF3N2O. The summed E-state index contributed by atoms with van der Waals surface area (Å²) in [7, 11) is 0. The molecule has 3 nitrogen and oxygen atoms in total. The molecule has 21 heavy (non-hydrogen) atoms. The van der Waals surface area contributed by atoms with E-state index in [4.69, 9.17) is 5.73 Å². The Morgan fingerprint density at radius 1 is 1.24 bits per heavy atom. The number of hydrogen-bond donors (Lipinski definition) is 2. The van der Waals surface area contributed by atoms with Crippen LogP contribution < -0.4 is 11.1 Å². The van der Waals surface area contributed by atoms with Gasteiger partial charge < -0.3 is 11.1 Å². The minimum absolute atomic E-state index is 0. The molecule has 1 aliphatic rings. The molecule has 0 heterocycles. The van der Waals surface area contributed by atoms with Crippen LogP contribution in [0.3, 0.4) is 0 Å². The number of halogens is 4. The molecular weight excluding hydrogens is 305 g/mol. The standard InChI is InChI=1S/C14H17F3N2O.ClH/c15-14(16,17)11-4-2-10(3-5-11)8-12(20)19-9-13(18)6-1-7-13;/h2-5H,1,6-9,18H2,(H,19,20);1H. The van der Waals surface area contributed by atoms with Gasteiger partial charge in [-0.3, -0.25) is 4.79 Å². The zero-order chi connectivity index (χ0) is 14.8. The quantitative estimate of drug-likeness (QED) is 0.895. The topological polar surface area (TPSA) is 55.1 Å². The molecule has 0 atom stereocenters. The molecule has 1 amide bonds. The van der Waals surface area contributed by atoms with E-state index in [2.05, 4.69) is 5.32 Å². The lowest BCUT2D eigenvalue weighted by Crippen LogP contribution is -2.55. The molecule has 0 aliphatic heterocycles. The Morgan fingerprint density at radius 3 is 2.24 bits per heavy atom. The molecule has 0 bridgehead atoms. The summed E-state index contributed by atoms with van der Waals surface area (Å²) in [6.07, 6.45) is -1.42. The zero-order valence-corrected chi connectivity index (χ0v) is 12.2. The Hall–Kier alpha value is -1.27. The number of carbonyl (C=O) groups excluding carboxylic acids is 1. The maximum absolute atomic E-state index is 12.4. The molecule has 1 fully saturated rings. The Kier molecular flexibility index (Phi) is 5.64. The van der Waals surface area contributed by atoms with Crippen LogP contribution in [0.1, 0.15) is 30.4 Å². The Bertz CT molecular complexity index is 484. The normalized spacial score (nSPS) is 16.6. The highest BCUT2D eigenvalue weighted by Crippen LogP contribution is 2.29.